The van der Waals surface area contributed by atoms with Crippen molar-refractivity contribution in [3.8, 4) is 0 Å². The maximum atomic E-state index is 12.7. The maximum Gasteiger partial charge on any atom is 0.251 e. The van der Waals surface area contributed by atoms with Crippen molar-refractivity contribution in [2.45, 2.75) is 44.4 Å². The summed E-state index contributed by atoms with van der Waals surface area (Å²) in [5, 5.41) is 6.53. The zero-order valence-corrected chi connectivity index (χ0v) is 17.0. The highest BCUT2D eigenvalue weighted by molar-refractivity contribution is 7.89. The number of hydrogen-bond donors (Lipinski definition) is 1. The van der Waals surface area contributed by atoms with E-state index in [1.54, 1.807) is 19.1 Å². The van der Waals surface area contributed by atoms with Crippen molar-refractivity contribution in [1.29, 1.82) is 0 Å². The molecule has 1 amide bonds. The SMILES string of the molecule is Cc1noc(CCCNC(=O)c2ccc(S(=O)(=O)N3CCC(C)CC3)cc2)n1. The average Bonchev–Trinajstić information content (AvgIpc) is 3.10. The van der Waals surface area contributed by atoms with Gasteiger partial charge in [-0.25, -0.2) is 8.42 Å². The first-order valence-electron chi connectivity index (χ1n) is 9.54. The maximum absolute atomic E-state index is 12.7. The lowest BCUT2D eigenvalue weighted by Crippen LogP contribution is -2.37. The van der Waals surface area contributed by atoms with E-state index in [4.69, 9.17) is 4.52 Å². The van der Waals surface area contributed by atoms with E-state index in [1.165, 1.54) is 16.4 Å². The fourth-order valence-corrected chi connectivity index (χ4v) is 4.61. The van der Waals surface area contributed by atoms with Crippen LogP contribution < -0.4 is 5.32 Å². The van der Waals surface area contributed by atoms with Crippen LogP contribution in [0.4, 0.5) is 0 Å². The molecule has 9 heteroatoms. The first-order valence-corrected chi connectivity index (χ1v) is 11.0. The van der Waals surface area contributed by atoms with E-state index in [-0.39, 0.29) is 10.8 Å². The molecule has 1 aromatic carbocycles. The van der Waals surface area contributed by atoms with Crippen LogP contribution in [0.2, 0.25) is 0 Å². The molecule has 1 fully saturated rings. The molecule has 1 N–H and O–H groups in total. The van der Waals surface area contributed by atoms with Crippen LogP contribution in [-0.2, 0) is 16.4 Å². The molecule has 1 aliphatic heterocycles. The van der Waals surface area contributed by atoms with Gasteiger partial charge in [0, 0.05) is 31.6 Å². The molecule has 1 saturated heterocycles. The fourth-order valence-electron chi connectivity index (χ4n) is 3.14. The van der Waals surface area contributed by atoms with Crippen molar-refractivity contribution in [3.63, 3.8) is 0 Å². The monoisotopic (exact) mass is 406 g/mol. The number of hydrogen-bond acceptors (Lipinski definition) is 6. The predicted molar refractivity (Wildman–Crippen MR) is 103 cm³/mol. The summed E-state index contributed by atoms with van der Waals surface area (Å²) in [7, 11) is -3.50. The molecule has 0 spiro atoms. The number of carbonyl (C=O) groups excluding carboxylic acids is 1. The normalized spacial score (nSPS) is 16.2. The molecule has 152 valence electrons. The van der Waals surface area contributed by atoms with Crippen LogP contribution >= 0.6 is 0 Å². The molecule has 0 bridgehead atoms. The van der Waals surface area contributed by atoms with Gasteiger partial charge in [-0.1, -0.05) is 12.1 Å². The molecular weight excluding hydrogens is 380 g/mol. The summed E-state index contributed by atoms with van der Waals surface area (Å²) < 4.78 is 32.0. The first kappa shape index (κ1) is 20.5. The molecule has 2 aromatic rings. The lowest BCUT2D eigenvalue weighted by molar-refractivity contribution is 0.0952. The molecule has 1 aromatic heterocycles. The first-order chi connectivity index (χ1) is 13.4. The van der Waals surface area contributed by atoms with Crippen molar-refractivity contribution in [2.24, 2.45) is 5.92 Å². The lowest BCUT2D eigenvalue weighted by Gasteiger charge is -2.29. The molecular formula is C19H26N4O4S. The number of nitrogens with zero attached hydrogens (tertiary/aromatic N) is 3. The van der Waals surface area contributed by atoms with E-state index in [0.717, 1.165) is 12.8 Å². The third kappa shape index (κ3) is 4.96. The largest absolute Gasteiger partial charge is 0.352 e. The van der Waals surface area contributed by atoms with Crippen LogP contribution in [0.3, 0.4) is 0 Å². The molecule has 8 nitrogen and oxygen atoms in total. The quantitative estimate of drug-likeness (QED) is 0.707. The Morgan fingerprint density at radius 2 is 1.93 bits per heavy atom. The molecule has 0 unspecified atom stereocenters. The zero-order valence-electron chi connectivity index (χ0n) is 16.2. The van der Waals surface area contributed by atoms with Gasteiger partial charge in [-0.3, -0.25) is 4.79 Å². The number of nitrogens with one attached hydrogen (secondary N) is 1. The van der Waals surface area contributed by atoms with E-state index < -0.39 is 10.0 Å². The molecule has 2 heterocycles. The predicted octanol–water partition coefficient (Wildman–Crippen LogP) is 2.16. The Morgan fingerprint density at radius 3 is 2.54 bits per heavy atom. The van der Waals surface area contributed by atoms with Crippen LogP contribution in [-0.4, -0.2) is 48.4 Å². The second-order valence-corrected chi connectivity index (χ2v) is 9.14. The van der Waals surface area contributed by atoms with Gasteiger partial charge in [0.15, 0.2) is 5.82 Å². The second-order valence-electron chi connectivity index (χ2n) is 7.21. The van der Waals surface area contributed by atoms with E-state index in [9.17, 15) is 13.2 Å². The molecule has 1 aliphatic rings. The van der Waals surface area contributed by atoms with Crippen molar-refractivity contribution in [1.82, 2.24) is 19.8 Å². The van der Waals surface area contributed by atoms with Gasteiger partial charge in [0.25, 0.3) is 5.91 Å². The summed E-state index contributed by atoms with van der Waals surface area (Å²) in [4.78, 5) is 16.6. The number of carbonyl (C=O) groups is 1. The number of aromatic nitrogens is 2. The lowest BCUT2D eigenvalue weighted by atomic mass is 10.0. The minimum atomic E-state index is -3.50. The minimum Gasteiger partial charge on any atom is -0.352 e. The summed E-state index contributed by atoms with van der Waals surface area (Å²) >= 11 is 0. The number of amides is 1. The van der Waals surface area contributed by atoms with Crippen molar-refractivity contribution in [3.05, 3.63) is 41.5 Å². The number of sulfonamides is 1. The van der Waals surface area contributed by atoms with Crippen LogP contribution in [0, 0.1) is 12.8 Å². The second kappa shape index (κ2) is 8.83. The number of aryl methyl sites for hydroxylation is 2. The topological polar surface area (TPSA) is 105 Å². The molecule has 3 rings (SSSR count). The Hall–Kier alpha value is -2.26. The van der Waals surface area contributed by atoms with Gasteiger partial charge in [-0.15, -0.1) is 0 Å². The van der Waals surface area contributed by atoms with Gasteiger partial charge in [0.2, 0.25) is 15.9 Å². The molecule has 28 heavy (non-hydrogen) atoms. The Morgan fingerprint density at radius 1 is 1.25 bits per heavy atom. The van der Waals surface area contributed by atoms with Crippen LogP contribution in [0.15, 0.2) is 33.7 Å². The van der Waals surface area contributed by atoms with Gasteiger partial charge in [-0.2, -0.15) is 9.29 Å². The van der Waals surface area contributed by atoms with Crippen LogP contribution in [0.5, 0.6) is 0 Å². The molecule has 0 aliphatic carbocycles. The van der Waals surface area contributed by atoms with Crippen molar-refractivity contribution < 1.29 is 17.7 Å². The summed E-state index contributed by atoms with van der Waals surface area (Å²) in [6, 6.07) is 6.11. The Balaban J connectivity index is 1.52. The number of benzene rings is 1. The third-order valence-electron chi connectivity index (χ3n) is 4.92. The van der Waals surface area contributed by atoms with Crippen molar-refractivity contribution in [2.75, 3.05) is 19.6 Å². The summed E-state index contributed by atoms with van der Waals surface area (Å²) in [6.45, 7) is 5.45. The highest BCUT2D eigenvalue weighted by atomic mass is 32.2. The van der Waals surface area contributed by atoms with Crippen molar-refractivity contribution >= 4 is 15.9 Å². The van der Waals surface area contributed by atoms with E-state index >= 15 is 0 Å². The number of rotatable bonds is 7. The average molecular weight is 407 g/mol. The van der Waals surface area contributed by atoms with Gasteiger partial charge in [0.05, 0.1) is 4.90 Å². The number of piperidine rings is 1. The highest BCUT2D eigenvalue weighted by Gasteiger charge is 2.28. The van der Waals surface area contributed by atoms with E-state index in [1.807, 2.05) is 0 Å². The third-order valence-corrected chi connectivity index (χ3v) is 6.83. The zero-order chi connectivity index (χ0) is 20.1. The van der Waals surface area contributed by atoms with E-state index in [0.29, 0.717) is 55.7 Å². The Bertz CT molecular complexity index is 900. The van der Waals surface area contributed by atoms with Gasteiger partial charge in [0.1, 0.15) is 0 Å². The summed E-state index contributed by atoms with van der Waals surface area (Å²) in [5.41, 5.74) is 0.430. The van der Waals surface area contributed by atoms with Crippen LogP contribution in [0.1, 0.15) is 48.3 Å². The molecule has 0 saturated carbocycles. The highest BCUT2D eigenvalue weighted by Crippen LogP contribution is 2.23. The summed E-state index contributed by atoms with van der Waals surface area (Å²) in [5.74, 6) is 1.46. The van der Waals surface area contributed by atoms with Gasteiger partial charge >= 0.3 is 0 Å². The standard InChI is InChI=1S/C19H26N4O4S/c1-14-9-12-23(13-10-14)28(25,26)17-7-5-16(6-8-17)19(24)20-11-3-4-18-21-15(2)22-27-18/h5-8,14H,3-4,9-13H2,1-2H3,(H,20,24). The minimum absolute atomic E-state index is 0.227. The fraction of sp³-hybridized carbons (Fsp3) is 0.526. The van der Waals surface area contributed by atoms with Gasteiger partial charge < -0.3 is 9.84 Å². The van der Waals surface area contributed by atoms with Gasteiger partial charge in [-0.05, 0) is 56.4 Å². The Labute approximate surface area is 165 Å². The smallest absolute Gasteiger partial charge is 0.251 e. The summed E-state index contributed by atoms with van der Waals surface area (Å²) in [6.07, 6.45) is 3.02. The molecule has 0 atom stereocenters. The molecule has 0 radical (unpaired) electrons. The Kier molecular flexibility index (Phi) is 6.46. The van der Waals surface area contributed by atoms with Crippen LogP contribution in [0.25, 0.3) is 0 Å². The van der Waals surface area contributed by atoms with E-state index in [2.05, 4.69) is 22.4 Å².